The van der Waals surface area contributed by atoms with Crippen LogP contribution in [0.15, 0.2) is 24.7 Å². The van der Waals surface area contributed by atoms with Crippen molar-refractivity contribution in [3.8, 4) is 0 Å². The molecule has 0 aliphatic rings. The Morgan fingerprint density at radius 2 is 1.92 bits per heavy atom. The Hall–Kier alpha value is -2.84. The third-order valence-corrected chi connectivity index (χ3v) is 2.40. The number of alkyl carbamates (subject to hydrolysis) is 1. The van der Waals surface area contributed by atoms with Crippen LogP contribution < -0.4 is 5.32 Å². The Kier molecular flexibility index (Phi) is 11.2. The van der Waals surface area contributed by atoms with Gasteiger partial charge >= 0.3 is 18.0 Å². The van der Waals surface area contributed by atoms with Gasteiger partial charge in [0.2, 0.25) is 0 Å². The summed E-state index contributed by atoms with van der Waals surface area (Å²) < 4.78 is 5.01. The van der Waals surface area contributed by atoms with Crippen LogP contribution in [0.3, 0.4) is 0 Å². The summed E-state index contributed by atoms with van der Waals surface area (Å²) in [7, 11) is 0. The molecular formula is C15H23N3O6. The van der Waals surface area contributed by atoms with Crippen LogP contribution in [0.1, 0.15) is 26.0 Å². The predicted octanol–water partition coefficient (Wildman–Crippen LogP) is 1.44. The number of carboxylic acid groups (broad SMARTS) is 2. The van der Waals surface area contributed by atoms with Gasteiger partial charge in [0, 0.05) is 30.6 Å². The summed E-state index contributed by atoms with van der Waals surface area (Å²) in [5.41, 5.74) is 1.06. The van der Waals surface area contributed by atoms with E-state index in [4.69, 9.17) is 14.9 Å². The highest BCUT2D eigenvalue weighted by atomic mass is 16.5. The van der Waals surface area contributed by atoms with E-state index >= 15 is 0 Å². The number of aromatic amines is 1. The summed E-state index contributed by atoms with van der Waals surface area (Å²) in [4.78, 5) is 37.2. The summed E-state index contributed by atoms with van der Waals surface area (Å²) in [5.74, 6) is -2.07. The molecule has 1 aromatic rings. The quantitative estimate of drug-likeness (QED) is 0.414. The van der Waals surface area contributed by atoms with Crippen LogP contribution >= 0.6 is 0 Å². The number of amides is 1. The van der Waals surface area contributed by atoms with Crippen LogP contribution in [0, 0.1) is 5.92 Å². The van der Waals surface area contributed by atoms with Crippen molar-refractivity contribution in [3.05, 3.63) is 30.4 Å². The lowest BCUT2D eigenvalue weighted by Gasteiger charge is -2.08. The molecule has 1 aromatic heterocycles. The number of aromatic nitrogens is 2. The zero-order valence-electron chi connectivity index (χ0n) is 13.7. The maximum absolute atomic E-state index is 11.2. The summed E-state index contributed by atoms with van der Waals surface area (Å²) in [6, 6.07) is 0. The molecular weight excluding hydrogens is 318 g/mol. The lowest BCUT2D eigenvalue weighted by atomic mass is 10.2. The molecule has 1 amide bonds. The second-order valence-electron chi connectivity index (χ2n) is 5.10. The number of nitrogens with zero attached hydrogens (tertiary/aromatic N) is 1. The molecule has 24 heavy (non-hydrogen) atoms. The molecule has 0 unspecified atom stereocenters. The van der Waals surface area contributed by atoms with E-state index < -0.39 is 11.9 Å². The number of carbonyl (C=O) groups excluding carboxylic acids is 1. The minimum atomic E-state index is -1.26. The predicted molar refractivity (Wildman–Crippen MR) is 85.5 cm³/mol. The monoisotopic (exact) mass is 341 g/mol. The number of imidazole rings is 1. The number of aryl methyl sites for hydroxylation is 1. The smallest absolute Gasteiger partial charge is 0.407 e. The van der Waals surface area contributed by atoms with Crippen LogP contribution in [0.4, 0.5) is 4.79 Å². The molecule has 134 valence electrons. The molecule has 0 aliphatic heterocycles. The van der Waals surface area contributed by atoms with E-state index in [1.165, 1.54) is 0 Å². The number of H-pyrrole nitrogens is 1. The van der Waals surface area contributed by atoms with Gasteiger partial charge in [0.1, 0.15) is 0 Å². The third-order valence-electron chi connectivity index (χ3n) is 2.40. The molecule has 1 heterocycles. The van der Waals surface area contributed by atoms with Gasteiger partial charge < -0.3 is 25.3 Å². The molecule has 0 saturated carbocycles. The van der Waals surface area contributed by atoms with Crippen molar-refractivity contribution in [2.75, 3.05) is 13.2 Å². The lowest BCUT2D eigenvalue weighted by Crippen LogP contribution is -2.28. The van der Waals surface area contributed by atoms with E-state index in [0.29, 0.717) is 31.2 Å². The van der Waals surface area contributed by atoms with E-state index in [2.05, 4.69) is 15.3 Å². The van der Waals surface area contributed by atoms with Crippen molar-refractivity contribution < 1.29 is 29.3 Å². The maximum Gasteiger partial charge on any atom is 0.407 e. The number of carboxylic acids is 2. The maximum atomic E-state index is 11.2. The highest BCUT2D eigenvalue weighted by molar-refractivity contribution is 5.89. The summed E-state index contributed by atoms with van der Waals surface area (Å²) in [5, 5.41) is 18.3. The summed E-state index contributed by atoms with van der Waals surface area (Å²) in [6.07, 6.45) is 5.85. The van der Waals surface area contributed by atoms with Crippen molar-refractivity contribution in [2.45, 2.75) is 26.7 Å². The van der Waals surface area contributed by atoms with Crippen molar-refractivity contribution in [1.82, 2.24) is 15.3 Å². The van der Waals surface area contributed by atoms with E-state index in [-0.39, 0.29) is 6.09 Å². The first-order valence-electron chi connectivity index (χ1n) is 7.33. The topological polar surface area (TPSA) is 142 Å². The van der Waals surface area contributed by atoms with Crippen LogP contribution in [-0.4, -0.2) is 51.4 Å². The van der Waals surface area contributed by atoms with E-state index in [9.17, 15) is 14.4 Å². The molecule has 0 bridgehead atoms. The van der Waals surface area contributed by atoms with Gasteiger partial charge in [-0.3, -0.25) is 0 Å². The van der Waals surface area contributed by atoms with Crippen LogP contribution in [-0.2, 0) is 20.7 Å². The Morgan fingerprint density at radius 3 is 2.38 bits per heavy atom. The van der Waals surface area contributed by atoms with E-state index in [1.807, 2.05) is 13.8 Å². The van der Waals surface area contributed by atoms with Crippen LogP contribution in [0.2, 0.25) is 0 Å². The van der Waals surface area contributed by atoms with Crippen molar-refractivity contribution >= 4 is 18.0 Å². The number of carbonyl (C=O) groups is 3. The number of nitrogens with one attached hydrogen (secondary N) is 2. The number of hydrogen-bond acceptors (Lipinski definition) is 5. The minimum Gasteiger partial charge on any atom is -0.478 e. The van der Waals surface area contributed by atoms with Crippen molar-refractivity contribution in [2.24, 2.45) is 5.92 Å². The Balaban J connectivity index is 0.000000561. The van der Waals surface area contributed by atoms with Gasteiger partial charge in [-0.25, -0.2) is 19.4 Å². The molecule has 0 aliphatic carbocycles. The van der Waals surface area contributed by atoms with Gasteiger partial charge in [-0.1, -0.05) is 13.8 Å². The largest absolute Gasteiger partial charge is 0.478 e. The van der Waals surface area contributed by atoms with Crippen molar-refractivity contribution in [1.29, 1.82) is 0 Å². The zero-order valence-corrected chi connectivity index (χ0v) is 13.7. The van der Waals surface area contributed by atoms with E-state index in [0.717, 1.165) is 18.5 Å². The second-order valence-corrected chi connectivity index (χ2v) is 5.10. The van der Waals surface area contributed by atoms with Crippen molar-refractivity contribution in [3.63, 3.8) is 0 Å². The van der Waals surface area contributed by atoms with Gasteiger partial charge in [-0.05, 0) is 18.8 Å². The van der Waals surface area contributed by atoms with Gasteiger partial charge in [0.25, 0.3) is 0 Å². The van der Waals surface area contributed by atoms with Crippen LogP contribution in [0.5, 0.6) is 0 Å². The molecule has 9 nitrogen and oxygen atoms in total. The van der Waals surface area contributed by atoms with Crippen LogP contribution in [0.25, 0.3) is 0 Å². The first-order chi connectivity index (χ1) is 11.3. The average molecular weight is 341 g/mol. The average Bonchev–Trinajstić information content (AvgIpc) is 3.01. The molecule has 0 saturated heterocycles. The zero-order chi connectivity index (χ0) is 18.4. The summed E-state index contributed by atoms with van der Waals surface area (Å²) >= 11 is 0. The molecule has 0 atom stereocenters. The SMILES string of the molecule is CC(C)CNC(=O)OCCCc1cnc[nH]1.O=C(O)/C=C\C(=O)O. The minimum absolute atomic E-state index is 0.335. The van der Waals surface area contributed by atoms with Gasteiger partial charge in [-0.2, -0.15) is 0 Å². The highest BCUT2D eigenvalue weighted by Gasteiger charge is 2.02. The number of aliphatic carboxylic acids is 2. The third kappa shape index (κ3) is 14.1. The number of ether oxygens (including phenoxy) is 1. The fourth-order valence-electron chi connectivity index (χ4n) is 1.33. The molecule has 9 heteroatoms. The molecule has 0 fully saturated rings. The lowest BCUT2D eigenvalue weighted by molar-refractivity contribution is -0.134. The molecule has 0 spiro atoms. The molecule has 0 aromatic carbocycles. The standard InChI is InChI=1S/C11H19N3O2.C4H4O4/c1-9(2)6-13-11(15)16-5-3-4-10-7-12-8-14-10;5-3(6)1-2-4(7)8/h7-9H,3-6H2,1-2H3,(H,12,14)(H,13,15);1-2H,(H,5,6)(H,7,8)/b;2-1-. The number of hydrogen-bond donors (Lipinski definition) is 4. The Morgan fingerprint density at radius 1 is 1.29 bits per heavy atom. The van der Waals surface area contributed by atoms with Gasteiger partial charge in [0.15, 0.2) is 0 Å². The fourth-order valence-corrected chi connectivity index (χ4v) is 1.33. The first kappa shape index (κ1) is 21.2. The summed E-state index contributed by atoms with van der Waals surface area (Å²) in [6.45, 7) is 5.17. The normalized spacial score (nSPS) is 10.1. The first-order valence-corrected chi connectivity index (χ1v) is 7.33. The second kappa shape index (κ2) is 12.7. The van der Waals surface area contributed by atoms with Gasteiger partial charge in [-0.15, -0.1) is 0 Å². The Bertz CT molecular complexity index is 509. The van der Waals surface area contributed by atoms with E-state index in [1.54, 1.807) is 12.5 Å². The molecule has 0 radical (unpaired) electrons. The Labute approximate surface area is 139 Å². The highest BCUT2D eigenvalue weighted by Crippen LogP contribution is 1.97. The molecule has 1 rings (SSSR count). The fraction of sp³-hybridized carbons (Fsp3) is 0.467. The van der Waals surface area contributed by atoms with Gasteiger partial charge in [0.05, 0.1) is 12.9 Å². The number of rotatable bonds is 8. The molecule has 4 N–H and O–H groups in total.